The predicted octanol–water partition coefficient (Wildman–Crippen LogP) is 2.19. The molecule has 0 unspecified atom stereocenters. The van der Waals surface area contributed by atoms with Gasteiger partial charge in [-0.15, -0.1) is 0 Å². The molecule has 150 valence electrons. The highest BCUT2D eigenvalue weighted by atomic mass is 16.6. The van der Waals surface area contributed by atoms with Crippen molar-refractivity contribution in [2.75, 3.05) is 52.3 Å². The number of hydrogen-bond acceptors (Lipinski definition) is 6. The third-order valence-electron chi connectivity index (χ3n) is 4.07. The first kappa shape index (κ1) is 20.8. The van der Waals surface area contributed by atoms with Crippen LogP contribution >= 0.6 is 0 Å². The first-order valence-electron chi connectivity index (χ1n) is 8.94. The van der Waals surface area contributed by atoms with Gasteiger partial charge in [0.1, 0.15) is 17.1 Å². The number of amides is 2. The maximum absolute atomic E-state index is 12.4. The van der Waals surface area contributed by atoms with Gasteiger partial charge >= 0.3 is 6.09 Å². The van der Waals surface area contributed by atoms with Gasteiger partial charge in [-0.3, -0.25) is 9.69 Å². The Morgan fingerprint density at radius 1 is 1.07 bits per heavy atom. The van der Waals surface area contributed by atoms with Crippen molar-refractivity contribution in [1.82, 2.24) is 9.80 Å². The molecule has 0 radical (unpaired) electrons. The molecular formula is C19H29N3O5. The van der Waals surface area contributed by atoms with E-state index in [4.69, 9.17) is 14.2 Å². The van der Waals surface area contributed by atoms with Gasteiger partial charge < -0.3 is 24.4 Å². The van der Waals surface area contributed by atoms with Crippen molar-refractivity contribution in [3.63, 3.8) is 0 Å². The fourth-order valence-electron chi connectivity index (χ4n) is 2.71. The smallest absolute Gasteiger partial charge is 0.410 e. The Kier molecular flexibility index (Phi) is 6.90. The monoisotopic (exact) mass is 379 g/mol. The molecule has 8 nitrogen and oxygen atoms in total. The molecule has 0 saturated carbocycles. The van der Waals surface area contributed by atoms with Gasteiger partial charge in [0.25, 0.3) is 0 Å². The lowest BCUT2D eigenvalue weighted by molar-refractivity contribution is -0.117. The van der Waals surface area contributed by atoms with Crippen molar-refractivity contribution < 1.29 is 23.8 Å². The normalized spacial score (nSPS) is 15.2. The Balaban J connectivity index is 1.83. The molecule has 0 aliphatic carbocycles. The quantitative estimate of drug-likeness (QED) is 0.845. The van der Waals surface area contributed by atoms with Gasteiger partial charge in [0.2, 0.25) is 5.91 Å². The Morgan fingerprint density at radius 3 is 2.30 bits per heavy atom. The molecule has 2 amide bonds. The molecule has 1 N–H and O–H groups in total. The van der Waals surface area contributed by atoms with Crippen molar-refractivity contribution in [1.29, 1.82) is 0 Å². The van der Waals surface area contributed by atoms with E-state index in [1.54, 1.807) is 37.3 Å². The van der Waals surface area contributed by atoms with E-state index in [2.05, 4.69) is 5.32 Å². The SMILES string of the molecule is COc1ccc(NC(=O)CN2CCN(C(=O)OC(C)(C)C)CC2)c(OC)c1. The summed E-state index contributed by atoms with van der Waals surface area (Å²) in [5.41, 5.74) is 0.0848. The molecule has 0 aromatic heterocycles. The van der Waals surface area contributed by atoms with Gasteiger partial charge in [-0.25, -0.2) is 4.79 Å². The Bertz CT molecular complexity index is 664. The van der Waals surface area contributed by atoms with Crippen LogP contribution in [0.5, 0.6) is 11.5 Å². The summed E-state index contributed by atoms with van der Waals surface area (Å²) in [6.07, 6.45) is -0.311. The zero-order valence-electron chi connectivity index (χ0n) is 16.7. The van der Waals surface area contributed by atoms with Crippen LogP contribution in [0.25, 0.3) is 0 Å². The van der Waals surface area contributed by atoms with Crippen LogP contribution in [0.4, 0.5) is 10.5 Å². The lowest BCUT2D eigenvalue weighted by atomic mass is 10.2. The van der Waals surface area contributed by atoms with E-state index in [1.165, 1.54) is 0 Å². The number of piperazine rings is 1. The molecule has 0 bridgehead atoms. The second-order valence-electron chi connectivity index (χ2n) is 7.36. The first-order chi connectivity index (χ1) is 12.7. The molecule has 1 aromatic rings. The number of carbonyl (C=O) groups is 2. The summed E-state index contributed by atoms with van der Waals surface area (Å²) >= 11 is 0. The topological polar surface area (TPSA) is 80.3 Å². The van der Waals surface area contributed by atoms with Gasteiger partial charge in [-0.05, 0) is 32.9 Å². The van der Waals surface area contributed by atoms with Crippen molar-refractivity contribution in [2.45, 2.75) is 26.4 Å². The summed E-state index contributed by atoms with van der Waals surface area (Å²) in [4.78, 5) is 28.1. The first-order valence-corrected chi connectivity index (χ1v) is 8.94. The molecule has 27 heavy (non-hydrogen) atoms. The molecular weight excluding hydrogens is 350 g/mol. The summed E-state index contributed by atoms with van der Waals surface area (Å²) in [6, 6.07) is 5.23. The van der Waals surface area contributed by atoms with Crippen LogP contribution in [0.3, 0.4) is 0 Å². The van der Waals surface area contributed by atoms with E-state index >= 15 is 0 Å². The highest BCUT2D eigenvalue weighted by Crippen LogP contribution is 2.29. The number of hydrogen-bond donors (Lipinski definition) is 1. The largest absolute Gasteiger partial charge is 0.497 e. The minimum atomic E-state index is -0.508. The standard InChI is InChI=1S/C19H29N3O5/c1-19(2,3)27-18(24)22-10-8-21(9-11-22)13-17(23)20-15-7-6-14(25-4)12-16(15)26-5/h6-7,12H,8-11,13H2,1-5H3,(H,20,23). The number of carbonyl (C=O) groups excluding carboxylic acids is 2. The van der Waals surface area contributed by atoms with E-state index in [0.717, 1.165) is 0 Å². The lowest BCUT2D eigenvalue weighted by Crippen LogP contribution is -2.51. The number of rotatable bonds is 5. The number of methoxy groups -OCH3 is 2. The molecule has 0 atom stereocenters. The summed E-state index contributed by atoms with van der Waals surface area (Å²) in [5, 5.41) is 2.86. The summed E-state index contributed by atoms with van der Waals surface area (Å²) in [6.45, 7) is 8.09. The Hall–Kier alpha value is -2.48. The van der Waals surface area contributed by atoms with Crippen LogP contribution in [-0.2, 0) is 9.53 Å². The predicted molar refractivity (Wildman–Crippen MR) is 102 cm³/mol. The number of nitrogens with one attached hydrogen (secondary N) is 1. The highest BCUT2D eigenvalue weighted by molar-refractivity contribution is 5.93. The number of anilines is 1. The molecule has 0 spiro atoms. The molecule has 1 heterocycles. The van der Waals surface area contributed by atoms with Crippen LogP contribution in [0, 0.1) is 0 Å². The molecule has 1 saturated heterocycles. The van der Waals surface area contributed by atoms with E-state index in [9.17, 15) is 9.59 Å². The Morgan fingerprint density at radius 2 is 1.74 bits per heavy atom. The maximum atomic E-state index is 12.4. The van der Waals surface area contributed by atoms with Gasteiger partial charge in [0.15, 0.2) is 0 Å². The van der Waals surface area contributed by atoms with E-state index in [0.29, 0.717) is 43.4 Å². The molecule has 1 aliphatic rings. The van der Waals surface area contributed by atoms with Crippen LogP contribution < -0.4 is 14.8 Å². The van der Waals surface area contributed by atoms with Crippen LogP contribution in [-0.4, -0.2) is 74.3 Å². The lowest BCUT2D eigenvalue weighted by Gasteiger charge is -2.35. The third kappa shape index (κ3) is 6.32. The van der Waals surface area contributed by atoms with Crippen LogP contribution in [0.1, 0.15) is 20.8 Å². The van der Waals surface area contributed by atoms with E-state index < -0.39 is 5.60 Å². The van der Waals surface area contributed by atoms with Gasteiger partial charge in [0.05, 0.1) is 26.5 Å². The highest BCUT2D eigenvalue weighted by Gasteiger charge is 2.26. The molecule has 8 heteroatoms. The van der Waals surface area contributed by atoms with Gasteiger partial charge in [0, 0.05) is 32.2 Å². The van der Waals surface area contributed by atoms with Crippen LogP contribution in [0.15, 0.2) is 18.2 Å². The van der Waals surface area contributed by atoms with E-state index in [-0.39, 0.29) is 18.5 Å². The Labute approximate surface area is 160 Å². The molecule has 2 rings (SSSR count). The molecule has 1 fully saturated rings. The number of nitrogens with zero attached hydrogens (tertiary/aromatic N) is 2. The minimum absolute atomic E-state index is 0.135. The second kappa shape index (κ2) is 8.94. The summed E-state index contributed by atoms with van der Waals surface area (Å²) in [7, 11) is 3.12. The number of ether oxygens (including phenoxy) is 3. The average Bonchev–Trinajstić information content (AvgIpc) is 2.61. The van der Waals surface area contributed by atoms with Crippen molar-refractivity contribution >= 4 is 17.7 Å². The van der Waals surface area contributed by atoms with Crippen molar-refractivity contribution in [2.24, 2.45) is 0 Å². The fraction of sp³-hybridized carbons (Fsp3) is 0.579. The minimum Gasteiger partial charge on any atom is -0.497 e. The van der Waals surface area contributed by atoms with Gasteiger partial charge in [-0.2, -0.15) is 0 Å². The third-order valence-corrected chi connectivity index (χ3v) is 4.07. The van der Waals surface area contributed by atoms with Gasteiger partial charge in [-0.1, -0.05) is 0 Å². The maximum Gasteiger partial charge on any atom is 0.410 e. The zero-order chi connectivity index (χ0) is 20.0. The second-order valence-corrected chi connectivity index (χ2v) is 7.36. The fourth-order valence-corrected chi connectivity index (χ4v) is 2.71. The zero-order valence-corrected chi connectivity index (χ0v) is 16.7. The molecule has 1 aliphatic heterocycles. The van der Waals surface area contributed by atoms with Crippen molar-refractivity contribution in [3.8, 4) is 11.5 Å². The number of benzene rings is 1. The molecule has 1 aromatic carbocycles. The van der Waals surface area contributed by atoms with E-state index in [1.807, 2.05) is 25.7 Å². The summed E-state index contributed by atoms with van der Waals surface area (Å²) < 4.78 is 15.8. The van der Waals surface area contributed by atoms with Crippen molar-refractivity contribution in [3.05, 3.63) is 18.2 Å². The summed E-state index contributed by atoms with van der Waals surface area (Å²) in [5.74, 6) is 1.06. The van der Waals surface area contributed by atoms with Crippen LogP contribution in [0.2, 0.25) is 0 Å². The average molecular weight is 379 g/mol.